The molecule has 2 aliphatic rings. The van der Waals surface area contributed by atoms with Crippen LogP contribution in [0.15, 0.2) is 6.07 Å². The SMILES string of the molecule is NC1(C(=O)NCc2cc3c(s2)CCC3)CCCC1. The molecule has 0 aromatic carbocycles. The number of rotatable bonds is 3. The molecule has 1 fully saturated rings. The van der Waals surface area contributed by atoms with Crippen molar-refractivity contribution in [3.8, 4) is 0 Å². The van der Waals surface area contributed by atoms with Gasteiger partial charge in [-0.2, -0.15) is 0 Å². The van der Waals surface area contributed by atoms with Crippen molar-refractivity contribution in [3.05, 3.63) is 21.4 Å². The number of carbonyl (C=O) groups excluding carboxylic acids is 1. The van der Waals surface area contributed by atoms with E-state index in [1.807, 2.05) is 11.3 Å². The largest absolute Gasteiger partial charge is 0.350 e. The van der Waals surface area contributed by atoms with E-state index < -0.39 is 5.54 Å². The number of thiophene rings is 1. The minimum atomic E-state index is -0.597. The topological polar surface area (TPSA) is 55.1 Å². The Labute approximate surface area is 112 Å². The summed E-state index contributed by atoms with van der Waals surface area (Å²) in [4.78, 5) is 14.9. The van der Waals surface area contributed by atoms with Crippen molar-refractivity contribution in [3.63, 3.8) is 0 Å². The molecule has 98 valence electrons. The van der Waals surface area contributed by atoms with Gasteiger partial charge in [-0.1, -0.05) is 12.8 Å². The van der Waals surface area contributed by atoms with E-state index in [2.05, 4.69) is 11.4 Å². The molecule has 0 saturated heterocycles. The lowest BCUT2D eigenvalue weighted by Gasteiger charge is -2.21. The monoisotopic (exact) mass is 264 g/mol. The van der Waals surface area contributed by atoms with Gasteiger partial charge in [0, 0.05) is 9.75 Å². The number of carbonyl (C=O) groups is 1. The summed E-state index contributed by atoms with van der Waals surface area (Å²) in [6, 6.07) is 2.26. The molecular weight excluding hydrogens is 244 g/mol. The van der Waals surface area contributed by atoms with Crippen LogP contribution in [0.3, 0.4) is 0 Å². The Morgan fingerprint density at radius 3 is 2.83 bits per heavy atom. The molecule has 0 radical (unpaired) electrons. The van der Waals surface area contributed by atoms with Gasteiger partial charge in [-0.25, -0.2) is 0 Å². The molecule has 3 nitrogen and oxygen atoms in total. The number of nitrogens with two attached hydrogens (primary N) is 1. The van der Waals surface area contributed by atoms with Crippen molar-refractivity contribution in [1.29, 1.82) is 0 Å². The Morgan fingerprint density at radius 1 is 1.33 bits per heavy atom. The van der Waals surface area contributed by atoms with E-state index in [4.69, 9.17) is 5.73 Å². The van der Waals surface area contributed by atoms with Gasteiger partial charge in [0.2, 0.25) is 5.91 Å². The summed E-state index contributed by atoms with van der Waals surface area (Å²) in [6.07, 6.45) is 7.54. The van der Waals surface area contributed by atoms with Gasteiger partial charge in [0.25, 0.3) is 0 Å². The highest BCUT2D eigenvalue weighted by Gasteiger charge is 2.36. The van der Waals surface area contributed by atoms with Crippen LogP contribution >= 0.6 is 11.3 Å². The zero-order valence-corrected chi connectivity index (χ0v) is 11.4. The highest BCUT2D eigenvalue weighted by molar-refractivity contribution is 7.12. The standard InChI is InChI=1S/C14H20N2OS/c15-14(6-1-2-7-14)13(17)16-9-11-8-10-4-3-5-12(10)18-11/h8H,1-7,9,15H2,(H,16,17). The predicted molar refractivity (Wildman–Crippen MR) is 73.6 cm³/mol. The maximum atomic E-state index is 12.1. The van der Waals surface area contributed by atoms with Crippen LogP contribution in [0, 0.1) is 0 Å². The van der Waals surface area contributed by atoms with Crippen LogP contribution in [0.5, 0.6) is 0 Å². The van der Waals surface area contributed by atoms with E-state index in [0.29, 0.717) is 6.54 Å². The van der Waals surface area contributed by atoms with Gasteiger partial charge in [0.05, 0.1) is 12.1 Å². The number of hydrogen-bond donors (Lipinski definition) is 2. The van der Waals surface area contributed by atoms with Crippen LogP contribution in [0.2, 0.25) is 0 Å². The first kappa shape index (κ1) is 12.2. The second-order valence-electron chi connectivity index (χ2n) is 5.56. The first-order valence-corrected chi connectivity index (χ1v) is 7.67. The lowest BCUT2D eigenvalue weighted by atomic mass is 9.98. The average Bonchev–Trinajstić information content (AvgIpc) is 3.01. The van der Waals surface area contributed by atoms with E-state index in [1.54, 1.807) is 0 Å². The van der Waals surface area contributed by atoms with Crippen molar-refractivity contribution in [1.82, 2.24) is 5.32 Å². The van der Waals surface area contributed by atoms with Crippen molar-refractivity contribution in [2.75, 3.05) is 0 Å². The van der Waals surface area contributed by atoms with Gasteiger partial charge in [0.15, 0.2) is 0 Å². The minimum Gasteiger partial charge on any atom is -0.350 e. The molecule has 0 atom stereocenters. The molecule has 1 aromatic heterocycles. The van der Waals surface area contributed by atoms with Crippen molar-refractivity contribution in [2.45, 2.75) is 57.0 Å². The smallest absolute Gasteiger partial charge is 0.240 e. The third-order valence-electron chi connectivity index (χ3n) is 4.17. The van der Waals surface area contributed by atoms with Crippen LogP contribution in [-0.2, 0) is 24.2 Å². The Hall–Kier alpha value is -0.870. The molecule has 1 heterocycles. The van der Waals surface area contributed by atoms with E-state index in [0.717, 1.165) is 25.7 Å². The molecule has 3 rings (SSSR count). The molecule has 18 heavy (non-hydrogen) atoms. The first-order valence-electron chi connectivity index (χ1n) is 6.85. The maximum Gasteiger partial charge on any atom is 0.240 e. The second kappa shape index (κ2) is 4.67. The molecular formula is C14H20N2OS. The summed E-state index contributed by atoms with van der Waals surface area (Å²) in [5, 5.41) is 3.02. The molecule has 0 bridgehead atoms. The van der Waals surface area contributed by atoms with E-state index >= 15 is 0 Å². The zero-order chi connectivity index (χ0) is 12.6. The third kappa shape index (κ3) is 2.19. The molecule has 2 aliphatic carbocycles. The summed E-state index contributed by atoms with van der Waals surface area (Å²) < 4.78 is 0. The fraction of sp³-hybridized carbons (Fsp3) is 0.643. The van der Waals surface area contributed by atoms with Gasteiger partial charge >= 0.3 is 0 Å². The summed E-state index contributed by atoms with van der Waals surface area (Å²) in [6.45, 7) is 0.648. The number of hydrogen-bond acceptors (Lipinski definition) is 3. The Kier molecular flexibility index (Phi) is 3.16. The van der Waals surface area contributed by atoms with Gasteiger partial charge in [-0.15, -0.1) is 11.3 Å². The molecule has 1 aromatic rings. The minimum absolute atomic E-state index is 0.0357. The Bertz CT molecular complexity index is 439. The van der Waals surface area contributed by atoms with Gasteiger partial charge < -0.3 is 11.1 Å². The number of amides is 1. The Balaban J connectivity index is 1.59. The molecule has 0 spiro atoms. The lowest BCUT2D eigenvalue weighted by Crippen LogP contribution is -2.51. The van der Waals surface area contributed by atoms with E-state index in [-0.39, 0.29) is 5.91 Å². The quantitative estimate of drug-likeness (QED) is 0.878. The molecule has 3 N–H and O–H groups in total. The second-order valence-corrected chi connectivity index (χ2v) is 6.78. The molecule has 4 heteroatoms. The van der Waals surface area contributed by atoms with E-state index in [1.165, 1.54) is 34.6 Å². The molecule has 1 saturated carbocycles. The van der Waals surface area contributed by atoms with Crippen LogP contribution in [0.4, 0.5) is 0 Å². The van der Waals surface area contributed by atoms with Gasteiger partial charge in [-0.05, 0) is 43.7 Å². The summed E-state index contributed by atoms with van der Waals surface area (Å²) in [5.74, 6) is 0.0357. The Morgan fingerprint density at radius 2 is 2.11 bits per heavy atom. The van der Waals surface area contributed by atoms with Crippen molar-refractivity contribution >= 4 is 17.2 Å². The summed E-state index contributed by atoms with van der Waals surface area (Å²) in [5.41, 5.74) is 7.03. The summed E-state index contributed by atoms with van der Waals surface area (Å²) >= 11 is 1.85. The summed E-state index contributed by atoms with van der Waals surface area (Å²) in [7, 11) is 0. The number of aryl methyl sites for hydroxylation is 2. The van der Waals surface area contributed by atoms with Crippen LogP contribution in [0.25, 0.3) is 0 Å². The van der Waals surface area contributed by atoms with Crippen LogP contribution in [0.1, 0.15) is 47.4 Å². The predicted octanol–water partition coefficient (Wildman–Crippen LogP) is 2.12. The normalized spacial score (nSPS) is 20.9. The maximum absolute atomic E-state index is 12.1. The zero-order valence-electron chi connectivity index (χ0n) is 10.6. The molecule has 1 amide bonds. The highest BCUT2D eigenvalue weighted by Crippen LogP contribution is 2.31. The van der Waals surface area contributed by atoms with E-state index in [9.17, 15) is 4.79 Å². The van der Waals surface area contributed by atoms with Crippen molar-refractivity contribution < 1.29 is 4.79 Å². The molecule has 0 unspecified atom stereocenters. The average molecular weight is 264 g/mol. The van der Waals surface area contributed by atoms with Gasteiger partial charge in [-0.3, -0.25) is 4.79 Å². The lowest BCUT2D eigenvalue weighted by molar-refractivity contribution is -0.126. The number of nitrogens with one attached hydrogen (secondary N) is 1. The van der Waals surface area contributed by atoms with Gasteiger partial charge in [0.1, 0.15) is 0 Å². The fourth-order valence-electron chi connectivity index (χ4n) is 3.05. The molecule has 0 aliphatic heterocycles. The van der Waals surface area contributed by atoms with Crippen LogP contribution in [-0.4, -0.2) is 11.4 Å². The van der Waals surface area contributed by atoms with Crippen molar-refractivity contribution in [2.24, 2.45) is 5.73 Å². The third-order valence-corrected chi connectivity index (χ3v) is 5.41. The number of fused-ring (bicyclic) bond motifs is 1. The van der Waals surface area contributed by atoms with Crippen LogP contribution < -0.4 is 11.1 Å². The first-order chi connectivity index (χ1) is 8.67. The highest BCUT2D eigenvalue weighted by atomic mass is 32.1. The fourth-order valence-corrected chi connectivity index (χ4v) is 4.25.